The zero-order chi connectivity index (χ0) is 13.7. The van der Waals surface area contributed by atoms with Gasteiger partial charge in [0.25, 0.3) is 0 Å². The van der Waals surface area contributed by atoms with Crippen molar-refractivity contribution in [3.8, 4) is 0 Å². The minimum atomic E-state index is -0.520. The van der Waals surface area contributed by atoms with Crippen molar-refractivity contribution in [2.75, 3.05) is 31.6 Å². The molecule has 0 spiro atoms. The maximum atomic E-state index is 11.4. The van der Waals surface area contributed by atoms with Gasteiger partial charge in [-0.2, -0.15) is 0 Å². The molecule has 20 heavy (non-hydrogen) atoms. The van der Waals surface area contributed by atoms with E-state index in [9.17, 15) is 4.79 Å². The average molecular weight is 319 g/mol. The molecule has 1 fully saturated rings. The first-order valence-electron chi connectivity index (χ1n) is 6.49. The lowest BCUT2D eigenvalue weighted by atomic mass is 10.2. The topological polar surface area (TPSA) is 41.6 Å². The quantitative estimate of drug-likeness (QED) is 0.867. The molecule has 1 saturated heterocycles. The predicted molar refractivity (Wildman–Crippen MR) is 83.7 cm³/mol. The molecule has 1 aliphatic heterocycles. The van der Waals surface area contributed by atoms with E-state index in [0.717, 1.165) is 38.5 Å². The van der Waals surface area contributed by atoms with Gasteiger partial charge in [-0.15, -0.1) is 24.0 Å². The molecule has 2 rings (SSSR count). The van der Waals surface area contributed by atoms with Gasteiger partial charge >= 0.3 is 0 Å². The predicted octanol–water partition coefficient (Wildman–Crippen LogP) is 2.51. The molecule has 1 atom stereocenters. The first kappa shape index (κ1) is 17.2. The Labute approximate surface area is 130 Å². The molecule has 6 heteroatoms. The fourth-order valence-corrected chi connectivity index (χ4v) is 2.01. The second-order valence-electron chi connectivity index (χ2n) is 4.69. The molecule has 1 aliphatic rings. The number of ether oxygens (including phenoxy) is 1. The summed E-state index contributed by atoms with van der Waals surface area (Å²) in [6, 6.07) is 7.88. The molecule has 0 bridgehead atoms. The number of nitrogens with one attached hydrogen (secondary N) is 1. The number of nitrogens with zero attached hydrogens (tertiary/aromatic N) is 1. The summed E-state index contributed by atoms with van der Waals surface area (Å²) in [4.78, 5) is 13.8. The molecule has 1 aromatic rings. The van der Waals surface area contributed by atoms with Gasteiger partial charge < -0.3 is 10.1 Å². The van der Waals surface area contributed by atoms with Gasteiger partial charge in [0.05, 0.1) is 13.2 Å². The van der Waals surface area contributed by atoms with E-state index in [2.05, 4.69) is 10.2 Å². The van der Waals surface area contributed by atoms with E-state index < -0.39 is 5.38 Å². The van der Waals surface area contributed by atoms with Gasteiger partial charge in [0.15, 0.2) is 0 Å². The van der Waals surface area contributed by atoms with E-state index in [1.54, 1.807) is 6.92 Å². The molecular weight excluding hydrogens is 299 g/mol. The number of morpholine rings is 1. The van der Waals surface area contributed by atoms with Crippen LogP contribution in [-0.4, -0.2) is 42.5 Å². The number of amides is 1. The van der Waals surface area contributed by atoms with Gasteiger partial charge in [0.1, 0.15) is 5.38 Å². The molecule has 112 valence electrons. The summed E-state index contributed by atoms with van der Waals surface area (Å²) in [6.07, 6.45) is 0. The van der Waals surface area contributed by atoms with Crippen molar-refractivity contribution in [2.45, 2.75) is 18.8 Å². The largest absolute Gasteiger partial charge is 0.379 e. The number of carbonyl (C=O) groups is 1. The second-order valence-corrected chi connectivity index (χ2v) is 5.35. The number of carbonyl (C=O) groups excluding carboxylic acids is 1. The molecule has 1 N–H and O–H groups in total. The second kappa shape index (κ2) is 8.47. The van der Waals surface area contributed by atoms with Crippen LogP contribution in [0.15, 0.2) is 24.3 Å². The fraction of sp³-hybridized carbons (Fsp3) is 0.500. The van der Waals surface area contributed by atoms with E-state index in [1.807, 2.05) is 24.3 Å². The summed E-state index contributed by atoms with van der Waals surface area (Å²) in [6.45, 7) is 6.14. The Balaban J connectivity index is 0.00000200. The summed E-state index contributed by atoms with van der Waals surface area (Å²) in [7, 11) is 0. The lowest BCUT2D eigenvalue weighted by molar-refractivity contribution is -0.115. The Hall–Kier alpha value is -0.810. The van der Waals surface area contributed by atoms with Crippen molar-refractivity contribution in [1.82, 2.24) is 4.90 Å². The molecule has 0 aliphatic carbocycles. The van der Waals surface area contributed by atoms with Crippen molar-refractivity contribution in [3.63, 3.8) is 0 Å². The highest BCUT2D eigenvalue weighted by molar-refractivity contribution is 6.32. The third kappa shape index (κ3) is 5.29. The molecule has 1 amide bonds. The van der Waals surface area contributed by atoms with Crippen molar-refractivity contribution in [1.29, 1.82) is 0 Å². The third-order valence-electron chi connectivity index (χ3n) is 3.09. The van der Waals surface area contributed by atoms with Gasteiger partial charge in [0.2, 0.25) is 5.91 Å². The Kier molecular flexibility index (Phi) is 7.30. The van der Waals surface area contributed by atoms with Crippen LogP contribution in [0.5, 0.6) is 0 Å². The normalized spacial score (nSPS) is 17.1. The minimum absolute atomic E-state index is 0. The molecule has 0 radical (unpaired) electrons. The molecule has 1 heterocycles. The standard InChI is InChI=1S/C14H19ClN2O2.ClH/c1-11(15)14(18)16-13-4-2-12(3-5-13)10-17-6-8-19-9-7-17;/h2-5,11H,6-10H2,1H3,(H,16,18);1H. The van der Waals surface area contributed by atoms with Crippen molar-refractivity contribution in [2.24, 2.45) is 0 Å². The fourth-order valence-electron chi connectivity index (χ4n) is 1.95. The number of anilines is 1. The van der Waals surface area contributed by atoms with E-state index in [4.69, 9.17) is 16.3 Å². The van der Waals surface area contributed by atoms with Gasteiger partial charge in [-0.05, 0) is 24.6 Å². The van der Waals surface area contributed by atoms with Gasteiger partial charge in [0, 0.05) is 25.3 Å². The van der Waals surface area contributed by atoms with Crippen LogP contribution in [0.2, 0.25) is 0 Å². The lowest BCUT2D eigenvalue weighted by Crippen LogP contribution is -2.35. The monoisotopic (exact) mass is 318 g/mol. The zero-order valence-electron chi connectivity index (χ0n) is 11.5. The Morgan fingerprint density at radius 3 is 2.50 bits per heavy atom. The summed E-state index contributed by atoms with van der Waals surface area (Å²) in [5.41, 5.74) is 2.02. The lowest BCUT2D eigenvalue weighted by Gasteiger charge is -2.26. The van der Waals surface area contributed by atoms with Gasteiger partial charge in [-0.25, -0.2) is 0 Å². The molecule has 4 nitrogen and oxygen atoms in total. The number of halogens is 2. The number of alkyl halides is 1. The SMILES string of the molecule is CC(Cl)C(=O)Nc1ccc(CN2CCOCC2)cc1.Cl. The van der Waals surface area contributed by atoms with Crippen LogP contribution in [0.3, 0.4) is 0 Å². The molecule has 0 saturated carbocycles. The van der Waals surface area contributed by atoms with Crippen molar-refractivity contribution < 1.29 is 9.53 Å². The summed E-state index contributed by atoms with van der Waals surface area (Å²) >= 11 is 5.71. The van der Waals surface area contributed by atoms with E-state index in [1.165, 1.54) is 5.56 Å². The van der Waals surface area contributed by atoms with Crippen LogP contribution in [0.4, 0.5) is 5.69 Å². The Morgan fingerprint density at radius 2 is 1.95 bits per heavy atom. The number of benzene rings is 1. The third-order valence-corrected chi connectivity index (χ3v) is 3.29. The number of rotatable bonds is 4. The Morgan fingerprint density at radius 1 is 1.35 bits per heavy atom. The van der Waals surface area contributed by atoms with Crippen LogP contribution in [0.1, 0.15) is 12.5 Å². The van der Waals surface area contributed by atoms with Crippen LogP contribution in [0, 0.1) is 0 Å². The van der Waals surface area contributed by atoms with Gasteiger partial charge in [-0.3, -0.25) is 9.69 Å². The van der Waals surface area contributed by atoms with Crippen molar-refractivity contribution in [3.05, 3.63) is 29.8 Å². The first-order valence-corrected chi connectivity index (χ1v) is 6.93. The van der Waals surface area contributed by atoms with E-state index >= 15 is 0 Å². The maximum Gasteiger partial charge on any atom is 0.242 e. The molecule has 1 unspecified atom stereocenters. The van der Waals surface area contributed by atoms with Crippen LogP contribution >= 0.6 is 24.0 Å². The Bertz CT molecular complexity index is 418. The highest BCUT2D eigenvalue weighted by Gasteiger charge is 2.11. The maximum absolute atomic E-state index is 11.4. The van der Waals surface area contributed by atoms with Crippen LogP contribution in [-0.2, 0) is 16.1 Å². The number of hydrogen-bond acceptors (Lipinski definition) is 3. The zero-order valence-corrected chi connectivity index (χ0v) is 13.0. The van der Waals surface area contributed by atoms with E-state index in [-0.39, 0.29) is 18.3 Å². The van der Waals surface area contributed by atoms with Crippen LogP contribution in [0.25, 0.3) is 0 Å². The average Bonchev–Trinajstić information content (AvgIpc) is 2.42. The highest BCUT2D eigenvalue weighted by atomic mass is 35.5. The number of hydrogen-bond donors (Lipinski definition) is 1. The van der Waals surface area contributed by atoms with Crippen LogP contribution < -0.4 is 5.32 Å². The summed E-state index contributed by atoms with van der Waals surface area (Å²) in [5, 5.41) is 2.25. The molecule has 0 aromatic heterocycles. The van der Waals surface area contributed by atoms with Gasteiger partial charge in [-0.1, -0.05) is 12.1 Å². The molecular formula is C14H20Cl2N2O2. The smallest absolute Gasteiger partial charge is 0.242 e. The molecule has 1 aromatic carbocycles. The van der Waals surface area contributed by atoms with E-state index in [0.29, 0.717) is 0 Å². The first-order chi connectivity index (χ1) is 9.15. The highest BCUT2D eigenvalue weighted by Crippen LogP contribution is 2.13. The summed E-state index contributed by atoms with van der Waals surface area (Å²) in [5.74, 6) is -0.178. The summed E-state index contributed by atoms with van der Waals surface area (Å²) < 4.78 is 5.32. The van der Waals surface area contributed by atoms with Crippen molar-refractivity contribution >= 4 is 35.6 Å². The minimum Gasteiger partial charge on any atom is -0.379 e.